The molecule has 0 spiro atoms. The second-order valence-electron chi connectivity index (χ2n) is 4.00. The van der Waals surface area contributed by atoms with Gasteiger partial charge in [0.1, 0.15) is 30.5 Å². The van der Waals surface area contributed by atoms with Gasteiger partial charge in [0.2, 0.25) is 0 Å². The van der Waals surface area contributed by atoms with Crippen LogP contribution >= 0.6 is 0 Å². The van der Waals surface area contributed by atoms with E-state index in [2.05, 4.69) is 4.98 Å². The van der Waals surface area contributed by atoms with E-state index < -0.39 is 37.1 Å². The van der Waals surface area contributed by atoms with Crippen LogP contribution in [-0.2, 0) is 4.74 Å². The average molecular weight is 241 g/mol. The van der Waals surface area contributed by atoms with Gasteiger partial charge in [0.05, 0.1) is 12.3 Å². The predicted octanol–water partition coefficient (Wildman–Crippen LogP) is -1.40. The topological polar surface area (TPSA) is 103 Å². The number of pyridine rings is 1. The highest BCUT2D eigenvalue weighted by Crippen LogP contribution is 2.30. The number of aliphatic hydroxyl groups is 4. The second-order valence-corrected chi connectivity index (χ2v) is 4.00. The maximum Gasteiger partial charge on any atom is 0.128 e. The zero-order valence-electron chi connectivity index (χ0n) is 9.05. The summed E-state index contributed by atoms with van der Waals surface area (Å²) >= 11 is 0. The number of rotatable bonds is 2. The molecule has 6 nitrogen and oxygen atoms in total. The molecule has 1 fully saturated rings. The molecular weight excluding hydrogens is 226 g/mol. The van der Waals surface area contributed by atoms with Crippen molar-refractivity contribution in [2.75, 3.05) is 6.61 Å². The third kappa shape index (κ3) is 2.31. The summed E-state index contributed by atoms with van der Waals surface area (Å²) in [5, 5.41) is 38.1. The standard InChI is InChI=1S/C11H15NO5/c13-5-7-8(14)9(15)10(16)11(17-7)6-3-1-2-4-12-6/h1-4,7-11,13-16H,5H2. The van der Waals surface area contributed by atoms with Gasteiger partial charge in [0, 0.05) is 6.20 Å². The number of ether oxygens (including phenoxy) is 1. The molecule has 0 aliphatic carbocycles. The quantitative estimate of drug-likeness (QED) is 0.507. The first-order valence-electron chi connectivity index (χ1n) is 5.36. The van der Waals surface area contributed by atoms with Crippen LogP contribution in [0.15, 0.2) is 24.4 Å². The molecule has 0 bridgehead atoms. The summed E-state index contributed by atoms with van der Waals surface area (Å²) in [5.74, 6) is 0. The third-order valence-electron chi connectivity index (χ3n) is 2.87. The first-order chi connectivity index (χ1) is 8.15. The van der Waals surface area contributed by atoms with Crippen LogP contribution < -0.4 is 0 Å². The summed E-state index contributed by atoms with van der Waals surface area (Å²) in [6.45, 7) is -0.436. The molecule has 2 rings (SSSR count). The van der Waals surface area contributed by atoms with Crippen LogP contribution in [0.1, 0.15) is 11.8 Å². The predicted molar refractivity (Wildman–Crippen MR) is 57.0 cm³/mol. The Morgan fingerprint density at radius 3 is 2.47 bits per heavy atom. The Labute approximate surface area is 98.1 Å². The lowest BCUT2D eigenvalue weighted by Crippen LogP contribution is -2.55. The molecule has 17 heavy (non-hydrogen) atoms. The largest absolute Gasteiger partial charge is 0.394 e. The minimum absolute atomic E-state index is 0.436. The fourth-order valence-electron chi connectivity index (χ4n) is 1.89. The molecule has 5 unspecified atom stereocenters. The summed E-state index contributed by atoms with van der Waals surface area (Å²) in [6, 6.07) is 5.09. The molecular formula is C11H15NO5. The lowest BCUT2D eigenvalue weighted by Gasteiger charge is -2.39. The van der Waals surface area contributed by atoms with Crippen molar-refractivity contribution in [3.8, 4) is 0 Å². The van der Waals surface area contributed by atoms with Crippen molar-refractivity contribution >= 4 is 0 Å². The van der Waals surface area contributed by atoms with Crippen molar-refractivity contribution in [3.63, 3.8) is 0 Å². The number of nitrogens with zero attached hydrogens (tertiary/aromatic N) is 1. The molecule has 0 amide bonds. The van der Waals surface area contributed by atoms with Gasteiger partial charge in [0.15, 0.2) is 0 Å². The summed E-state index contributed by atoms with van der Waals surface area (Å²) in [6.07, 6.45) is -4.20. The van der Waals surface area contributed by atoms with E-state index >= 15 is 0 Å². The van der Waals surface area contributed by atoms with Crippen molar-refractivity contribution in [3.05, 3.63) is 30.1 Å². The zero-order valence-corrected chi connectivity index (χ0v) is 9.05. The number of hydrogen-bond acceptors (Lipinski definition) is 6. The lowest BCUT2D eigenvalue weighted by molar-refractivity contribution is -0.232. The van der Waals surface area contributed by atoms with Crippen molar-refractivity contribution < 1.29 is 25.2 Å². The summed E-state index contributed by atoms with van der Waals surface area (Å²) in [7, 11) is 0. The Balaban J connectivity index is 2.23. The van der Waals surface area contributed by atoms with Gasteiger partial charge in [-0.05, 0) is 12.1 Å². The van der Waals surface area contributed by atoms with E-state index in [1.54, 1.807) is 18.2 Å². The molecule has 0 aromatic carbocycles. The van der Waals surface area contributed by atoms with E-state index in [4.69, 9.17) is 9.84 Å². The van der Waals surface area contributed by atoms with Gasteiger partial charge in [-0.2, -0.15) is 0 Å². The smallest absolute Gasteiger partial charge is 0.128 e. The van der Waals surface area contributed by atoms with E-state index in [0.29, 0.717) is 5.69 Å². The van der Waals surface area contributed by atoms with Crippen molar-refractivity contribution in [1.82, 2.24) is 4.98 Å². The highest BCUT2D eigenvalue weighted by atomic mass is 16.5. The Hall–Kier alpha value is -1.05. The minimum atomic E-state index is -1.37. The lowest BCUT2D eigenvalue weighted by atomic mass is 9.93. The Bertz CT molecular complexity index is 358. The summed E-state index contributed by atoms with van der Waals surface area (Å²) < 4.78 is 5.34. The maximum atomic E-state index is 9.82. The van der Waals surface area contributed by atoms with Crippen molar-refractivity contribution in [1.29, 1.82) is 0 Å². The van der Waals surface area contributed by atoms with E-state index in [1.807, 2.05) is 0 Å². The fourth-order valence-corrected chi connectivity index (χ4v) is 1.89. The zero-order chi connectivity index (χ0) is 12.4. The third-order valence-corrected chi connectivity index (χ3v) is 2.87. The van der Waals surface area contributed by atoms with E-state index in [0.717, 1.165) is 0 Å². The van der Waals surface area contributed by atoms with Gasteiger partial charge >= 0.3 is 0 Å². The molecule has 0 radical (unpaired) electrons. The highest BCUT2D eigenvalue weighted by Gasteiger charge is 2.44. The maximum absolute atomic E-state index is 9.82. The van der Waals surface area contributed by atoms with Gasteiger partial charge in [-0.1, -0.05) is 6.07 Å². The molecule has 5 atom stereocenters. The molecule has 1 aliphatic rings. The summed E-state index contributed by atoms with van der Waals surface area (Å²) in [5.41, 5.74) is 0.449. The van der Waals surface area contributed by atoms with Crippen molar-refractivity contribution in [2.24, 2.45) is 0 Å². The van der Waals surface area contributed by atoms with E-state index in [9.17, 15) is 15.3 Å². The van der Waals surface area contributed by atoms with Gasteiger partial charge in [-0.25, -0.2) is 0 Å². The van der Waals surface area contributed by atoms with Crippen LogP contribution in [0.5, 0.6) is 0 Å². The molecule has 6 heteroatoms. The molecule has 1 aliphatic heterocycles. The normalized spacial score (nSPS) is 38.0. The minimum Gasteiger partial charge on any atom is -0.394 e. The number of hydrogen-bond donors (Lipinski definition) is 4. The fraction of sp³-hybridized carbons (Fsp3) is 0.545. The second kappa shape index (κ2) is 5.07. The van der Waals surface area contributed by atoms with E-state index in [1.165, 1.54) is 6.20 Å². The Kier molecular flexibility index (Phi) is 3.70. The summed E-state index contributed by atoms with van der Waals surface area (Å²) in [4.78, 5) is 4.02. The molecule has 1 aromatic heterocycles. The van der Waals surface area contributed by atoms with Crippen LogP contribution in [0.3, 0.4) is 0 Å². The number of aliphatic hydroxyl groups excluding tert-OH is 4. The van der Waals surface area contributed by atoms with Crippen molar-refractivity contribution in [2.45, 2.75) is 30.5 Å². The highest BCUT2D eigenvalue weighted by molar-refractivity contribution is 5.11. The van der Waals surface area contributed by atoms with Crippen LogP contribution in [0.2, 0.25) is 0 Å². The Morgan fingerprint density at radius 2 is 1.88 bits per heavy atom. The Morgan fingerprint density at radius 1 is 1.12 bits per heavy atom. The van der Waals surface area contributed by atoms with Crippen LogP contribution in [-0.4, -0.2) is 56.4 Å². The average Bonchev–Trinajstić information content (AvgIpc) is 2.37. The van der Waals surface area contributed by atoms with Gasteiger partial charge in [0.25, 0.3) is 0 Å². The molecule has 1 aromatic rings. The van der Waals surface area contributed by atoms with Gasteiger partial charge in [-0.3, -0.25) is 4.98 Å². The molecule has 2 heterocycles. The monoisotopic (exact) mass is 241 g/mol. The first-order valence-corrected chi connectivity index (χ1v) is 5.36. The molecule has 0 saturated carbocycles. The van der Waals surface area contributed by atoms with Gasteiger partial charge in [-0.15, -0.1) is 0 Å². The molecule has 94 valence electrons. The molecule has 4 N–H and O–H groups in total. The van der Waals surface area contributed by atoms with Crippen LogP contribution in [0.4, 0.5) is 0 Å². The van der Waals surface area contributed by atoms with Crippen LogP contribution in [0.25, 0.3) is 0 Å². The van der Waals surface area contributed by atoms with Crippen LogP contribution in [0, 0.1) is 0 Å². The number of aromatic nitrogens is 1. The van der Waals surface area contributed by atoms with Gasteiger partial charge < -0.3 is 25.2 Å². The SMILES string of the molecule is OCC1OC(c2ccccn2)C(O)C(O)C1O. The molecule has 1 saturated heterocycles. The first kappa shape index (κ1) is 12.4. The van der Waals surface area contributed by atoms with E-state index in [-0.39, 0.29) is 0 Å².